The first-order valence-corrected chi connectivity index (χ1v) is 6.63. The third-order valence-corrected chi connectivity index (χ3v) is 4.21. The first-order valence-electron chi connectivity index (χ1n) is 6.63. The monoisotopic (exact) mass is 232 g/mol. The molecule has 1 aromatic heterocycles. The van der Waals surface area contributed by atoms with Gasteiger partial charge in [0.05, 0.1) is 0 Å². The van der Waals surface area contributed by atoms with Crippen LogP contribution in [0.15, 0.2) is 18.3 Å². The maximum Gasteiger partial charge on any atom is 0.0425 e. The number of nitrogens with zero attached hydrogens (tertiary/aromatic N) is 1. The highest BCUT2D eigenvalue weighted by Gasteiger charge is 2.33. The van der Waals surface area contributed by atoms with Crippen LogP contribution in [0.2, 0.25) is 0 Å². The molecule has 2 heteroatoms. The summed E-state index contributed by atoms with van der Waals surface area (Å²) < 4.78 is 0. The average Bonchev–Trinajstić information content (AvgIpc) is 2.40. The van der Waals surface area contributed by atoms with Gasteiger partial charge in [-0.1, -0.05) is 26.3 Å². The van der Waals surface area contributed by atoms with Crippen LogP contribution >= 0.6 is 0 Å². The zero-order valence-electron chi connectivity index (χ0n) is 11.3. The van der Waals surface area contributed by atoms with E-state index in [1.807, 2.05) is 13.1 Å². The molecule has 1 saturated carbocycles. The van der Waals surface area contributed by atoms with Crippen molar-refractivity contribution in [3.8, 4) is 0 Å². The van der Waals surface area contributed by atoms with Gasteiger partial charge in [-0.15, -0.1) is 0 Å². The summed E-state index contributed by atoms with van der Waals surface area (Å²) >= 11 is 0. The minimum atomic E-state index is -0.158. The molecule has 1 atom stereocenters. The molecule has 0 spiro atoms. The highest BCUT2D eigenvalue weighted by Crippen LogP contribution is 2.41. The fourth-order valence-electron chi connectivity index (χ4n) is 2.74. The average molecular weight is 232 g/mol. The van der Waals surface area contributed by atoms with Gasteiger partial charge in [0.1, 0.15) is 0 Å². The number of rotatable bonds is 1. The van der Waals surface area contributed by atoms with Crippen LogP contribution in [0, 0.1) is 12.3 Å². The zero-order chi connectivity index (χ0) is 12.5. The van der Waals surface area contributed by atoms with Crippen LogP contribution in [0.4, 0.5) is 0 Å². The molecule has 1 aliphatic rings. The Morgan fingerprint density at radius 2 is 1.88 bits per heavy atom. The maximum absolute atomic E-state index is 6.61. The van der Waals surface area contributed by atoms with Gasteiger partial charge in [0.25, 0.3) is 0 Å². The summed E-state index contributed by atoms with van der Waals surface area (Å²) in [6.45, 7) is 6.72. The number of hydrogen-bond donors (Lipinski definition) is 1. The summed E-state index contributed by atoms with van der Waals surface area (Å²) in [7, 11) is 0. The standard InChI is InChI=1S/C15H24N2/c1-12-5-6-13(11-17-12)15(16)8-4-7-14(2,3)9-10-15/h5-6,11H,4,7-10,16H2,1-3H3. The van der Waals surface area contributed by atoms with Crippen LogP contribution in [0.3, 0.4) is 0 Å². The summed E-state index contributed by atoms with van der Waals surface area (Å²) in [5.74, 6) is 0. The second kappa shape index (κ2) is 4.41. The quantitative estimate of drug-likeness (QED) is 0.752. The van der Waals surface area contributed by atoms with E-state index in [-0.39, 0.29) is 5.54 Å². The van der Waals surface area contributed by atoms with E-state index in [4.69, 9.17) is 5.73 Å². The Kier molecular flexibility index (Phi) is 3.26. The topological polar surface area (TPSA) is 38.9 Å². The van der Waals surface area contributed by atoms with Gasteiger partial charge in [-0.05, 0) is 49.7 Å². The van der Waals surface area contributed by atoms with Crippen LogP contribution in [-0.2, 0) is 5.54 Å². The van der Waals surface area contributed by atoms with E-state index >= 15 is 0 Å². The zero-order valence-corrected chi connectivity index (χ0v) is 11.3. The van der Waals surface area contributed by atoms with E-state index in [2.05, 4.69) is 31.0 Å². The third kappa shape index (κ3) is 2.86. The summed E-state index contributed by atoms with van der Waals surface area (Å²) in [6, 6.07) is 4.22. The molecule has 1 aromatic rings. The van der Waals surface area contributed by atoms with Gasteiger partial charge < -0.3 is 5.73 Å². The van der Waals surface area contributed by atoms with Gasteiger partial charge in [-0.3, -0.25) is 4.98 Å². The number of aromatic nitrogens is 1. The fraction of sp³-hybridized carbons (Fsp3) is 0.667. The number of pyridine rings is 1. The molecule has 2 rings (SSSR count). The highest BCUT2D eigenvalue weighted by molar-refractivity contribution is 5.22. The molecule has 0 saturated heterocycles. The summed E-state index contributed by atoms with van der Waals surface area (Å²) in [5.41, 5.74) is 9.17. The Hall–Kier alpha value is -0.890. The molecule has 1 unspecified atom stereocenters. The molecule has 0 radical (unpaired) electrons. The molecule has 0 amide bonds. The lowest BCUT2D eigenvalue weighted by molar-refractivity contribution is 0.299. The van der Waals surface area contributed by atoms with E-state index in [9.17, 15) is 0 Å². The van der Waals surface area contributed by atoms with Crippen LogP contribution in [0.5, 0.6) is 0 Å². The summed E-state index contributed by atoms with van der Waals surface area (Å²) in [4.78, 5) is 4.39. The van der Waals surface area contributed by atoms with E-state index in [1.54, 1.807) is 0 Å². The van der Waals surface area contributed by atoms with Crippen molar-refractivity contribution >= 4 is 0 Å². The van der Waals surface area contributed by atoms with Crippen molar-refractivity contribution in [2.75, 3.05) is 0 Å². The number of hydrogen-bond acceptors (Lipinski definition) is 2. The maximum atomic E-state index is 6.61. The molecule has 2 nitrogen and oxygen atoms in total. The Morgan fingerprint density at radius 1 is 1.12 bits per heavy atom. The molecule has 17 heavy (non-hydrogen) atoms. The lowest BCUT2D eigenvalue weighted by atomic mass is 9.81. The smallest absolute Gasteiger partial charge is 0.0425 e. The van der Waals surface area contributed by atoms with Crippen molar-refractivity contribution in [1.82, 2.24) is 4.98 Å². The van der Waals surface area contributed by atoms with Crippen LogP contribution in [0.1, 0.15) is 57.2 Å². The molecular formula is C15H24N2. The summed E-state index contributed by atoms with van der Waals surface area (Å²) in [6.07, 6.45) is 7.83. The molecule has 0 bridgehead atoms. The van der Waals surface area contributed by atoms with E-state index in [0.29, 0.717) is 5.41 Å². The normalized spacial score (nSPS) is 28.7. The van der Waals surface area contributed by atoms with Crippen molar-refractivity contribution in [1.29, 1.82) is 0 Å². The minimum Gasteiger partial charge on any atom is -0.321 e. The predicted molar refractivity (Wildman–Crippen MR) is 71.7 cm³/mol. The number of aryl methyl sites for hydroxylation is 1. The summed E-state index contributed by atoms with van der Waals surface area (Å²) in [5, 5.41) is 0. The second-order valence-electron chi connectivity index (χ2n) is 6.36. The van der Waals surface area contributed by atoms with Gasteiger partial charge in [0.15, 0.2) is 0 Å². The van der Waals surface area contributed by atoms with E-state index < -0.39 is 0 Å². The first-order chi connectivity index (χ1) is 7.91. The number of nitrogens with two attached hydrogens (primary N) is 1. The lowest BCUT2D eigenvalue weighted by Gasteiger charge is -2.29. The van der Waals surface area contributed by atoms with Crippen molar-refractivity contribution in [2.45, 2.75) is 58.4 Å². The minimum absolute atomic E-state index is 0.158. The van der Waals surface area contributed by atoms with Gasteiger partial charge >= 0.3 is 0 Å². The molecular weight excluding hydrogens is 208 g/mol. The van der Waals surface area contributed by atoms with Gasteiger partial charge in [0, 0.05) is 17.4 Å². The molecule has 1 aliphatic carbocycles. The predicted octanol–water partition coefficient (Wildman–Crippen LogP) is 3.53. The van der Waals surface area contributed by atoms with Crippen LogP contribution in [-0.4, -0.2) is 4.98 Å². The molecule has 0 aromatic carbocycles. The van der Waals surface area contributed by atoms with Crippen molar-refractivity contribution in [3.05, 3.63) is 29.6 Å². The highest BCUT2D eigenvalue weighted by atomic mass is 14.8. The third-order valence-electron chi connectivity index (χ3n) is 4.21. The van der Waals surface area contributed by atoms with Crippen molar-refractivity contribution in [2.24, 2.45) is 11.1 Å². The Labute approximate surface area is 105 Å². The van der Waals surface area contributed by atoms with Gasteiger partial charge in [0.2, 0.25) is 0 Å². The molecule has 1 fully saturated rings. The van der Waals surface area contributed by atoms with Crippen LogP contribution in [0.25, 0.3) is 0 Å². The Morgan fingerprint density at radius 3 is 2.53 bits per heavy atom. The largest absolute Gasteiger partial charge is 0.321 e. The molecule has 94 valence electrons. The van der Waals surface area contributed by atoms with E-state index in [1.165, 1.54) is 24.8 Å². The second-order valence-corrected chi connectivity index (χ2v) is 6.36. The Balaban J connectivity index is 2.21. The Bertz CT molecular complexity index is 380. The van der Waals surface area contributed by atoms with Crippen molar-refractivity contribution < 1.29 is 0 Å². The van der Waals surface area contributed by atoms with Gasteiger partial charge in [-0.2, -0.15) is 0 Å². The molecule has 0 aliphatic heterocycles. The molecule has 2 N–H and O–H groups in total. The first kappa shape index (κ1) is 12.6. The van der Waals surface area contributed by atoms with Crippen molar-refractivity contribution in [3.63, 3.8) is 0 Å². The van der Waals surface area contributed by atoms with Gasteiger partial charge in [-0.25, -0.2) is 0 Å². The van der Waals surface area contributed by atoms with E-state index in [0.717, 1.165) is 18.5 Å². The fourth-order valence-corrected chi connectivity index (χ4v) is 2.74. The molecule has 1 heterocycles. The SMILES string of the molecule is Cc1ccc(C2(N)CCCC(C)(C)CC2)cn1. The lowest BCUT2D eigenvalue weighted by Crippen LogP contribution is -2.36. The van der Waals surface area contributed by atoms with Crippen LogP contribution < -0.4 is 5.73 Å².